The van der Waals surface area contributed by atoms with Crippen LogP contribution in [0.4, 0.5) is 13.6 Å². The molecule has 3 heterocycles. The van der Waals surface area contributed by atoms with Crippen molar-refractivity contribution in [1.82, 2.24) is 15.1 Å². The lowest BCUT2D eigenvalue weighted by molar-refractivity contribution is -0.0383. The van der Waals surface area contributed by atoms with Gasteiger partial charge in [-0.05, 0) is 60.6 Å². The van der Waals surface area contributed by atoms with Crippen LogP contribution in [0.2, 0.25) is 0 Å². The molecular weight excluding hydrogens is 464 g/mol. The summed E-state index contributed by atoms with van der Waals surface area (Å²) in [7, 11) is 0. The number of nitrogens with zero attached hydrogens (tertiary/aromatic N) is 2. The van der Waals surface area contributed by atoms with Crippen LogP contribution < -0.4 is 10.1 Å². The molecule has 0 aliphatic carbocycles. The molecular formula is C28H35F2N3O3. The number of hydrogen-bond donors (Lipinski definition) is 1. The van der Waals surface area contributed by atoms with E-state index in [0.29, 0.717) is 31.3 Å². The van der Waals surface area contributed by atoms with Crippen LogP contribution in [0.1, 0.15) is 36.3 Å². The van der Waals surface area contributed by atoms with Crippen LogP contribution in [0.5, 0.6) is 5.75 Å². The molecule has 2 aromatic carbocycles. The van der Waals surface area contributed by atoms with E-state index in [1.54, 1.807) is 0 Å². The van der Waals surface area contributed by atoms with E-state index in [1.807, 2.05) is 46.2 Å². The van der Waals surface area contributed by atoms with Crippen LogP contribution >= 0.6 is 0 Å². The second-order valence-electron chi connectivity index (χ2n) is 9.95. The van der Waals surface area contributed by atoms with Crippen molar-refractivity contribution in [2.75, 3.05) is 52.6 Å². The average molecular weight is 500 g/mol. The maximum absolute atomic E-state index is 13.7. The predicted octanol–water partition coefficient (Wildman–Crippen LogP) is 4.20. The van der Waals surface area contributed by atoms with Gasteiger partial charge in [0.25, 0.3) is 0 Å². The van der Waals surface area contributed by atoms with Crippen molar-refractivity contribution in [3.05, 3.63) is 65.5 Å². The Morgan fingerprint density at radius 1 is 1.00 bits per heavy atom. The first-order chi connectivity index (χ1) is 17.6. The van der Waals surface area contributed by atoms with E-state index in [4.69, 9.17) is 9.47 Å². The van der Waals surface area contributed by atoms with Gasteiger partial charge in [0.1, 0.15) is 24.8 Å². The van der Waals surface area contributed by atoms with E-state index >= 15 is 0 Å². The highest BCUT2D eigenvalue weighted by molar-refractivity contribution is 5.74. The molecule has 1 N–H and O–H groups in total. The van der Waals surface area contributed by atoms with E-state index in [-0.39, 0.29) is 36.5 Å². The van der Waals surface area contributed by atoms with Gasteiger partial charge < -0.3 is 24.6 Å². The molecule has 0 unspecified atom stereocenters. The molecule has 8 heteroatoms. The van der Waals surface area contributed by atoms with Crippen molar-refractivity contribution in [2.45, 2.75) is 37.3 Å². The summed E-state index contributed by atoms with van der Waals surface area (Å²) in [6.45, 7) is 3.92. The average Bonchev–Trinajstić information content (AvgIpc) is 2.93. The Labute approximate surface area is 211 Å². The minimum atomic E-state index is -0.528. The van der Waals surface area contributed by atoms with E-state index < -0.39 is 6.67 Å². The molecule has 5 rings (SSSR count). The van der Waals surface area contributed by atoms with Gasteiger partial charge in [-0.2, -0.15) is 0 Å². The lowest BCUT2D eigenvalue weighted by atomic mass is 9.76. The maximum atomic E-state index is 13.7. The molecule has 36 heavy (non-hydrogen) atoms. The van der Waals surface area contributed by atoms with Crippen molar-refractivity contribution >= 4 is 6.03 Å². The third-order valence-electron chi connectivity index (χ3n) is 7.76. The Kier molecular flexibility index (Phi) is 8.02. The lowest BCUT2D eigenvalue weighted by Gasteiger charge is -2.44. The van der Waals surface area contributed by atoms with Crippen LogP contribution in [0.3, 0.4) is 0 Å². The molecule has 3 saturated heterocycles. The Morgan fingerprint density at radius 2 is 1.67 bits per heavy atom. The van der Waals surface area contributed by atoms with E-state index in [2.05, 4.69) is 5.32 Å². The third kappa shape index (κ3) is 5.65. The van der Waals surface area contributed by atoms with Crippen molar-refractivity contribution in [2.24, 2.45) is 5.92 Å². The third-order valence-corrected chi connectivity index (χ3v) is 7.76. The summed E-state index contributed by atoms with van der Waals surface area (Å²) in [5.41, 5.74) is 2.17. The van der Waals surface area contributed by atoms with Crippen LogP contribution in [-0.2, 0) is 4.74 Å². The summed E-state index contributed by atoms with van der Waals surface area (Å²) in [5.74, 6) is 0.777. The number of urea groups is 1. The minimum Gasteiger partial charge on any atom is -0.491 e. The van der Waals surface area contributed by atoms with E-state index in [0.717, 1.165) is 50.1 Å². The SMILES string of the molecule is O=C(N1CCC([C@H](c2ccc(F)cc2)c2ccc(OCCF)cc2)CC1)N1CC[C@@H]2OCCN[C@@H]2C1. The zero-order valence-electron chi connectivity index (χ0n) is 20.6. The van der Waals surface area contributed by atoms with Gasteiger partial charge in [0.05, 0.1) is 18.8 Å². The first-order valence-corrected chi connectivity index (χ1v) is 13.1. The molecule has 0 spiro atoms. The monoisotopic (exact) mass is 499 g/mol. The molecule has 194 valence electrons. The summed E-state index contributed by atoms with van der Waals surface area (Å²) >= 11 is 0. The second kappa shape index (κ2) is 11.6. The van der Waals surface area contributed by atoms with E-state index in [1.165, 1.54) is 12.1 Å². The standard InChI is InChI=1S/C28H35F2N3O3/c29-12-17-35-24-7-3-21(4-8-24)27(20-1-5-23(30)6-2-20)22-9-14-32(15-10-22)28(34)33-16-11-26-25(19-33)31-13-18-36-26/h1-8,22,25-27,31H,9-19H2/t25-,26+,27-/m1/s1. The summed E-state index contributed by atoms with van der Waals surface area (Å²) in [6, 6.07) is 14.8. The number of amides is 2. The van der Waals surface area contributed by atoms with Crippen LogP contribution in [0, 0.1) is 11.7 Å². The smallest absolute Gasteiger partial charge is 0.320 e. The number of ether oxygens (including phenoxy) is 2. The molecule has 0 aromatic heterocycles. The number of morpholine rings is 1. The first kappa shape index (κ1) is 25.0. The number of rotatable bonds is 6. The fourth-order valence-electron chi connectivity index (χ4n) is 5.91. The number of nitrogens with one attached hydrogen (secondary N) is 1. The van der Waals surface area contributed by atoms with Gasteiger partial charge in [-0.25, -0.2) is 13.6 Å². The predicted molar refractivity (Wildman–Crippen MR) is 134 cm³/mol. The number of carbonyl (C=O) groups excluding carboxylic acids is 1. The first-order valence-electron chi connectivity index (χ1n) is 13.1. The highest BCUT2D eigenvalue weighted by atomic mass is 19.1. The quantitative estimate of drug-likeness (QED) is 0.648. The van der Waals surface area contributed by atoms with Crippen LogP contribution in [0.25, 0.3) is 0 Å². The van der Waals surface area contributed by atoms with Crippen molar-refractivity contribution < 1.29 is 23.0 Å². The fourth-order valence-corrected chi connectivity index (χ4v) is 5.91. The number of halogens is 2. The molecule has 6 nitrogen and oxygen atoms in total. The minimum absolute atomic E-state index is 0.0364. The lowest BCUT2D eigenvalue weighted by Crippen LogP contribution is -2.61. The summed E-state index contributed by atoms with van der Waals surface area (Å²) < 4.78 is 37.4. The summed E-state index contributed by atoms with van der Waals surface area (Å²) in [4.78, 5) is 17.3. The van der Waals surface area contributed by atoms with Gasteiger partial charge in [-0.1, -0.05) is 24.3 Å². The Hall–Kier alpha value is -2.71. The largest absolute Gasteiger partial charge is 0.491 e. The highest BCUT2D eigenvalue weighted by Gasteiger charge is 2.37. The molecule has 0 saturated carbocycles. The fraction of sp³-hybridized carbons (Fsp3) is 0.536. The van der Waals surface area contributed by atoms with Gasteiger partial charge >= 0.3 is 6.03 Å². The van der Waals surface area contributed by atoms with E-state index in [9.17, 15) is 13.6 Å². The van der Waals surface area contributed by atoms with Crippen LogP contribution in [0.15, 0.2) is 48.5 Å². The molecule has 3 aliphatic heterocycles. The maximum Gasteiger partial charge on any atom is 0.320 e. The number of fused-ring (bicyclic) bond motifs is 1. The molecule has 2 aromatic rings. The zero-order valence-corrected chi connectivity index (χ0v) is 20.6. The van der Waals surface area contributed by atoms with Crippen LogP contribution in [-0.4, -0.2) is 80.6 Å². The second-order valence-corrected chi connectivity index (χ2v) is 9.95. The Morgan fingerprint density at radius 3 is 2.36 bits per heavy atom. The van der Waals surface area contributed by atoms with Gasteiger partial charge in [0.2, 0.25) is 0 Å². The Bertz CT molecular complexity index is 996. The topological polar surface area (TPSA) is 54.0 Å². The van der Waals surface area contributed by atoms with Gasteiger partial charge in [-0.15, -0.1) is 0 Å². The molecule has 3 aliphatic rings. The molecule has 0 bridgehead atoms. The summed E-state index contributed by atoms with van der Waals surface area (Å²) in [5, 5.41) is 3.49. The molecule has 3 fully saturated rings. The number of likely N-dealkylation sites (tertiary alicyclic amines) is 2. The number of benzene rings is 2. The number of piperidine rings is 2. The molecule has 0 radical (unpaired) electrons. The molecule has 3 atom stereocenters. The Balaban J connectivity index is 1.26. The number of hydrogen-bond acceptors (Lipinski definition) is 4. The number of alkyl halides is 1. The summed E-state index contributed by atoms with van der Waals surface area (Å²) in [6.07, 6.45) is 2.82. The normalized spacial score (nSPS) is 23.7. The van der Waals surface area contributed by atoms with Gasteiger partial charge in [0, 0.05) is 38.6 Å². The zero-order chi connectivity index (χ0) is 24.9. The van der Waals surface area contributed by atoms with Crippen molar-refractivity contribution in [3.8, 4) is 5.75 Å². The number of carbonyl (C=O) groups is 1. The van der Waals surface area contributed by atoms with Crippen molar-refractivity contribution in [3.63, 3.8) is 0 Å². The van der Waals surface area contributed by atoms with Gasteiger partial charge in [-0.3, -0.25) is 0 Å². The highest BCUT2D eigenvalue weighted by Crippen LogP contribution is 2.39. The molecule has 2 amide bonds. The van der Waals surface area contributed by atoms with Gasteiger partial charge in [0.15, 0.2) is 0 Å². The van der Waals surface area contributed by atoms with Crippen molar-refractivity contribution in [1.29, 1.82) is 0 Å².